The minimum atomic E-state index is -0.715. The lowest BCUT2D eigenvalue weighted by Gasteiger charge is -2.32. The van der Waals surface area contributed by atoms with Gasteiger partial charge in [-0.05, 0) is 36.9 Å². The first-order valence-electron chi connectivity index (χ1n) is 6.43. The Bertz CT molecular complexity index is 465. The molecule has 2 rings (SSSR count). The molecule has 5 heteroatoms. The average molecular weight is 302 g/mol. The third-order valence-electron chi connectivity index (χ3n) is 3.49. The third-order valence-corrected chi connectivity index (χ3v) is 4.35. The van der Waals surface area contributed by atoms with E-state index in [0.717, 1.165) is 38.0 Å². The molecule has 104 valence electrons. The van der Waals surface area contributed by atoms with Crippen molar-refractivity contribution in [1.29, 1.82) is 0 Å². The zero-order chi connectivity index (χ0) is 13.8. The van der Waals surface area contributed by atoms with Gasteiger partial charge in [-0.1, -0.05) is 35.3 Å². The predicted molar refractivity (Wildman–Crippen MR) is 76.7 cm³/mol. The van der Waals surface area contributed by atoms with E-state index in [-0.39, 0.29) is 12.3 Å². The molecule has 0 amide bonds. The second-order valence-electron chi connectivity index (χ2n) is 5.05. The van der Waals surface area contributed by atoms with E-state index in [1.165, 1.54) is 0 Å². The summed E-state index contributed by atoms with van der Waals surface area (Å²) in [5.41, 5.74) is 1.00. The van der Waals surface area contributed by atoms with Crippen molar-refractivity contribution in [1.82, 2.24) is 4.90 Å². The summed E-state index contributed by atoms with van der Waals surface area (Å²) in [5.74, 6) is -0.475. The maximum atomic E-state index is 10.8. The second kappa shape index (κ2) is 6.60. The molecule has 3 nitrogen and oxygen atoms in total. The Morgan fingerprint density at radius 3 is 2.95 bits per heavy atom. The molecule has 19 heavy (non-hydrogen) atoms. The van der Waals surface area contributed by atoms with E-state index in [2.05, 4.69) is 4.90 Å². The van der Waals surface area contributed by atoms with Crippen molar-refractivity contribution in [3.8, 4) is 0 Å². The number of piperidine rings is 1. The van der Waals surface area contributed by atoms with Crippen LogP contribution in [0.5, 0.6) is 0 Å². The molecule has 1 aromatic carbocycles. The highest BCUT2D eigenvalue weighted by Crippen LogP contribution is 2.28. The van der Waals surface area contributed by atoms with Crippen molar-refractivity contribution in [2.24, 2.45) is 5.92 Å². The Labute approximate surface area is 123 Å². The predicted octanol–water partition coefficient (Wildman–Crippen LogP) is 3.68. The number of likely N-dealkylation sites (tertiary alicyclic amines) is 1. The monoisotopic (exact) mass is 301 g/mol. The molecular weight excluding hydrogens is 285 g/mol. The largest absolute Gasteiger partial charge is 0.481 e. The molecule has 0 aromatic heterocycles. The maximum absolute atomic E-state index is 10.8. The van der Waals surface area contributed by atoms with Gasteiger partial charge < -0.3 is 5.11 Å². The number of benzene rings is 1. The number of carboxylic acids is 1. The van der Waals surface area contributed by atoms with E-state index in [1.807, 2.05) is 12.1 Å². The van der Waals surface area contributed by atoms with E-state index in [4.69, 9.17) is 28.3 Å². The molecule has 1 N–H and O–H groups in total. The Morgan fingerprint density at radius 1 is 1.42 bits per heavy atom. The summed E-state index contributed by atoms with van der Waals surface area (Å²) in [4.78, 5) is 13.0. The Morgan fingerprint density at radius 2 is 2.21 bits per heavy atom. The number of hydrogen-bond acceptors (Lipinski definition) is 2. The highest BCUT2D eigenvalue weighted by Gasteiger charge is 2.22. The molecule has 1 saturated heterocycles. The summed E-state index contributed by atoms with van der Waals surface area (Å²) in [6.45, 7) is 2.53. The number of nitrogens with zero attached hydrogens (tertiary/aromatic N) is 1. The van der Waals surface area contributed by atoms with Gasteiger partial charge in [0.2, 0.25) is 0 Å². The summed E-state index contributed by atoms with van der Waals surface area (Å²) in [5, 5.41) is 10.0. The fraction of sp³-hybridized carbons (Fsp3) is 0.500. The molecule has 1 aromatic rings. The van der Waals surface area contributed by atoms with Crippen LogP contribution >= 0.6 is 23.2 Å². The zero-order valence-corrected chi connectivity index (χ0v) is 12.1. The van der Waals surface area contributed by atoms with Crippen LogP contribution in [0.1, 0.15) is 24.8 Å². The van der Waals surface area contributed by atoms with Crippen LogP contribution in [0.4, 0.5) is 0 Å². The summed E-state index contributed by atoms with van der Waals surface area (Å²) < 4.78 is 0. The number of halogens is 2. The van der Waals surface area contributed by atoms with Crippen molar-refractivity contribution in [2.45, 2.75) is 25.8 Å². The second-order valence-corrected chi connectivity index (χ2v) is 5.84. The van der Waals surface area contributed by atoms with Gasteiger partial charge in [-0.25, -0.2) is 0 Å². The Hall–Kier alpha value is -0.770. The van der Waals surface area contributed by atoms with Crippen LogP contribution < -0.4 is 0 Å². The number of carbonyl (C=O) groups is 1. The molecule has 1 atom stereocenters. The van der Waals surface area contributed by atoms with Gasteiger partial charge in [0.15, 0.2) is 0 Å². The van der Waals surface area contributed by atoms with Crippen molar-refractivity contribution in [3.63, 3.8) is 0 Å². The van der Waals surface area contributed by atoms with Crippen LogP contribution in [-0.2, 0) is 11.3 Å². The zero-order valence-electron chi connectivity index (χ0n) is 10.6. The standard InChI is InChI=1S/C14H17Cl2NO2/c15-12-5-1-4-11(14(12)16)9-17-6-2-3-10(8-17)7-13(18)19/h1,4-5,10H,2-3,6-9H2,(H,18,19). The maximum Gasteiger partial charge on any atom is 0.303 e. The van der Waals surface area contributed by atoms with Gasteiger partial charge in [-0.3, -0.25) is 9.69 Å². The van der Waals surface area contributed by atoms with Crippen molar-refractivity contribution >= 4 is 29.2 Å². The molecule has 1 fully saturated rings. The van der Waals surface area contributed by atoms with Gasteiger partial charge in [0, 0.05) is 19.5 Å². The summed E-state index contributed by atoms with van der Waals surface area (Å²) >= 11 is 12.2. The summed E-state index contributed by atoms with van der Waals surface area (Å²) in [6.07, 6.45) is 2.28. The first-order chi connectivity index (χ1) is 9.06. The third kappa shape index (κ3) is 4.10. The smallest absolute Gasteiger partial charge is 0.303 e. The van der Waals surface area contributed by atoms with Gasteiger partial charge >= 0.3 is 5.97 Å². The molecular formula is C14H17Cl2NO2. The molecule has 0 aliphatic carbocycles. The van der Waals surface area contributed by atoms with Crippen LogP contribution in [0.15, 0.2) is 18.2 Å². The highest BCUT2D eigenvalue weighted by atomic mass is 35.5. The highest BCUT2D eigenvalue weighted by molar-refractivity contribution is 6.42. The molecule has 0 saturated carbocycles. The first kappa shape index (κ1) is 14.6. The Balaban J connectivity index is 1.98. The number of rotatable bonds is 4. The fourth-order valence-electron chi connectivity index (χ4n) is 2.62. The van der Waals surface area contributed by atoms with E-state index < -0.39 is 5.97 Å². The summed E-state index contributed by atoms with van der Waals surface area (Å²) in [7, 11) is 0. The van der Waals surface area contributed by atoms with E-state index in [1.54, 1.807) is 6.07 Å². The van der Waals surface area contributed by atoms with Gasteiger partial charge in [0.25, 0.3) is 0 Å². The average Bonchev–Trinajstić information content (AvgIpc) is 2.35. The molecule has 0 spiro atoms. The van der Waals surface area contributed by atoms with Crippen LogP contribution in [-0.4, -0.2) is 29.1 Å². The van der Waals surface area contributed by atoms with Crippen LogP contribution in [0.25, 0.3) is 0 Å². The summed E-state index contributed by atoms with van der Waals surface area (Å²) in [6, 6.07) is 5.63. The van der Waals surface area contributed by atoms with Gasteiger partial charge in [-0.15, -0.1) is 0 Å². The van der Waals surface area contributed by atoms with Crippen molar-refractivity contribution in [2.75, 3.05) is 13.1 Å². The Kier molecular flexibility index (Phi) is 5.08. The molecule has 1 heterocycles. The molecule has 0 bridgehead atoms. The van der Waals surface area contributed by atoms with Crippen molar-refractivity contribution < 1.29 is 9.90 Å². The number of aliphatic carboxylic acids is 1. The van der Waals surface area contributed by atoms with E-state index >= 15 is 0 Å². The first-order valence-corrected chi connectivity index (χ1v) is 7.19. The van der Waals surface area contributed by atoms with Crippen LogP contribution in [0.3, 0.4) is 0 Å². The molecule has 1 aliphatic heterocycles. The van der Waals surface area contributed by atoms with Gasteiger partial charge in [0.1, 0.15) is 0 Å². The quantitative estimate of drug-likeness (QED) is 0.922. The molecule has 0 radical (unpaired) electrons. The fourth-order valence-corrected chi connectivity index (χ4v) is 3.00. The number of carboxylic acid groups (broad SMARTS) is 1. The van der Waals surface area contributed by atoms with Gasteiger partial charge in [0.05, 0.1) is 10.0 Å². The normalized spacial score (nSPS) is 20.4. The van der Waals surface area contributed by atoms with E-state index in [9.17, 15) is 4.79 Å². The van der Waals surface area contributed by atoms with Crippen molar-refractivity contribution in [3.05, 3.63) is 33.8 Å². The van der Waals surface area contributed by atoms with Crippen LogP contribution in [0, 0.1) is 5.92 Å². The molecule has 1 aliphatic rings. The lowest BCUT2D eigenvalue weighted by molar-refractivity contribution is -0.138. The topological polar surface area (TPSA) is 40.5 Å². The van der Waals surface area contributed by atoms with Crippen LogP contribution in [0.2, 0.25) is 10.0 Å². The SMILES string of the molecule is O=C(O)CC1CCCN(Cc2cccc(Cl)c2Cl)C1. The molecule has 1 unspecified atom stereocenters. The van der Waals surface area contributed by atoms with Gasteiger partial charge in [-0.2, -0.15) is 0 Å². The minimum Gasteiger partial charge on any atom is -0.481 e. The minimum absolute atomic E-state index is 0.240. The lowest BCUT2D eigenvalue weighted by atomic mass is 9.94. The lowest BCUT2D eigenvalue weighted by Crippen LogP contribution is -2.35. The number of hydrogen-bond donors (Lipinski definition) is 1. The van der Waals surface area contributed by atoms with E-state index in [0.29, 0.717) is 10.0 Å².